The zero-order valence-electron chi connectivity index (χ0n) is 10.1. The predicted octanol–water partition coefficient (Wildman–Crippen LogP) is 0.962. The van der Waals surface area contributed by atoms with E-state index in [2.05, 4.69) is 5.32 Å². The number of carbonyl (C=O) groups excluding carboxylic acids is 1. The Morgan fingerprint density at radius 2 is 1.71 bits per heavy atom. The molecular weight excluding hydrogens is 220 g/mol. The largest absolute Gasteiger partial charge is 0.480 e. The Morgan fingerprint density at radius 3 is 2.12 bits per heavy atom. The summed E-state index contributed by atoms with van der Waals surface area (Å²) in [5.41, 5.74) is 8.70. The van der Waals surface area contributed by atoms with Crippen molar-refractivity contribution in [3.63, 3.8) is 0 Å². The van der Waals surface area contributed by atoms with Crippen LogP contribution in [0.5, 0.6) is 0 Å². The van der Waals surface area contributed by atoms with Gasteiger partial charge in [0.2, 0.25) is 0 Å². The van der Waals surface area contributed by atoms with Gasteiger partial charge in [0.25, 0.3) is 5.91 Å². The topological polar surface area (TPSA) is 92.4 Å². The van der Waals surface area contributed by atoms with Crippen molar-refractivity contribution < 1.29 is 14.7 Å². The fourth-order valence-corrected chi connectivity index (χ4v) is 1.69. The van der Waals surface area contributed by atoms with E-state index in [-0.39, 0.29) is 0 Å². The number of rotatable bonds is 3. The summed E-state index contributed by atoms with van der Waals surface area (Å²) in [7, 11) is 0. The van der Waals surface area contributed by atoms with Crippen LogP contribution >= 0.6 is 0 Å². The van der Waals surface area contributed by atoms with Crippen molar-refractivity contribution in [3.05, 3.63) is 28.8 Å². The molecule has 0 aliphatic heterocycles. The van der Waals surface area contributed by atoms with Crippen molar-refractivity contribution in [2.24, 2.45) is 5.73 Å². The molecule has 5 heteroatoms. The van der Waals surface area contributed by atoms with E-state index in [0.717, 1.165) is 16.7 Å². The first-order valence-electron chi connectivity index (χ1n) is 5.20. The summed E-state index contributed by atoms with van der Waals surface area (Å²) in [5, 5.41) is 11.2. The molecule has 1 rings (SSSR count). The SMILES string of the molecule is Cc1cc(C)c(NC(=O)C(N)C(=O)O)c(C)c1. The van der Waals surface area contributed by atoms with E-state index in [1.807, 2.05) is 32.9 Å². The molecule has 0 spiro atoms. The number of hydrogen-bond donors (Lipinski definition) is 3. The van der Waals surface area contributed by atoms with Crippen molar-refractivity contribution in [1.82, 2.24) is 0 Å². The van der Waals surface area contributed by atoms with E-state index in [1.54, 1.807) is 0 Å². The molecule has 0 bridgehead atoms. The van der Waals surface area contributed by atoms with Gasteiger partial charge in [-0.05, 0) is 31.9 Å². The molecular formula is C12H16N2O3. The van der Waals surface area contributed by atoms with Gasteiger partial charge >= 0.3 is 5.97 Å². The van der Waals surface area contributed by atoms with E-state index >= 15 is 0 Å². The summed E-state index contributed by atoms with van der Waals surface area (Å²) >= 11 is 0. The number of carbonyl (C=O) groups is 2. The lowest BCUT2D eigenvalue weighted by molar-refractivity contribution is -0.141. The van der Waals surface area contributed by atoms with Crippen LogP contribution in [0.3, 0.4) is 0 Å². The highest BCUT2D eigenvalue weighted by molar-refractivity contribution is 6.08. The normalized spacial score (nSPS) is 12.0. The summed E-state index contributed by atoms with van der Waals surface area (Å²) in [6.07, 6.45) is 0. The second-order valence-corrected chi connectivity index (χ2v) is 4.08. The fourth-order valence-electron chi connectivity index (χ4n) is 1.69. The van der Waals surface area contributed by atoms with Crippen LogP contribution in [0.25, 0.3) is 0 Å². The van der Waals surface area contributed by atoms with Crippen molar-refractivity contribution in [3.8, 4) is 0 Å². The third-order valence-electron chi connectivity index (χ3n) is 2.47. The summed E-state index contributed by atoms with van der Waals surface area (Å²) in [5.74, 6) is -2.06. The molecule has 0 saturated heterocycles. The molecule has 5 nitrogen and oxygen atoms in total. The van der Waals surface area contributed by atoms with Gasteiger partial charge in [0.05, 0.1) is 0 Å². The van der Waals surface area contributed by atoms with Crippen molar-refractivity contribution >= 4 is 17.6 Å². The molecule has 0 aromatic heterocycles. The van der Waals surface area contributed by atoms with E-state index in [9.17, 15) is 9.59 Å². The van der Waals surface area contributed by atoms with Crippen LogP contribution in [0, 0.1) is 20.8 Å². The Kier molecular flexibility index (Phi) is 3.85. The number of carboxylic acids is 1. The van der Waals surface area contributed by atoms with Gasteiger partial charge in [-0.15, -0.1) is 0 Å². The lowest BCUT2D eigenvalue weighted by Gasteiger charge is -2.14. The number of hydrogen-bond acceptors (Lipinski definition) is 3. The Hall–Kier alpha value is -1.88. The summed E-state index contributed by atoms with van der Waals surface area (Å²) < 4.78 is 0. The van der Waals surface area contributed by atoms with Crippen LogP contribution in [-0.4, -0.2) is 23.0 Å². The number of nitrogens with one attached hydrogen (secondary N) is 1. The molecule has 4 N–H and O–H groups in total. The molecule has 0 aliphatic rings. The number of carboxylic acid groups (broad SMARTS) is 1. The second-order valence-electron chi connectivity index (χ2n) is 4.08. The first kappa shape index (κ1) is 13.2. The summed E-state index contributed by atoms with van der Waals surface area (Å²) in [4.78, 5) is 22.1. The highest BCUT2D eigenvalue weighted by atomic mass is 16.4. The van der Waals surface area contributed by atoms with E-state index in [1.165, 1.54) is 0 Å². The first-order chi connectivity index (χ1) is 7.82. The average molecular weight is 236 g/mol. The molecule has 1 aromatic carbocycles. The van der Waals surface area contributed by atoms with Gasteiger partial charge < -0.3 is 16.2 Å². The number of nitrogens with two attached hydrogens (primary N) is 1. The smallest absolute Gasteiger partial charge is 0.330 e. The average Bonchev–Trinajstić information content (AvgIpc) is 2.21. The Labute approximate surface area is 99.6 Å². The van der Waals surface area contributed by atoms with Crippen LogP contribution in [0.2, 0.25) is 0 Å². The molecule has 1 atom stereocenters. The quantitative estimate of drug-likeness (QED) is 0.681. The highest BCUT2D eigenvalue weighted by Crippen LogP contribution is 2.21. The van der Waals surface area contributed by atoms with Crippen LogP contribution in [0.15, 0.2) is 12.1 Å². The maximum absolute atomic E-state index is 11.5. The molecule has 0 heterocycles. The number of amides is 1. The van der Waals surface area contributed by atoms with Crippen LogP contribution < -0.4 is 11.1 Å². The summed E-state index contributed by atoms with van der Waals surface area (Å²) in [6, 6.07) is 2.28. The maximum Gasteiger partial charge on any atom is 0.330 e. The molecule has 1 amide bonds. The number of anilines is 1. The Bertz CT molecular complexity index is 446. The van der Waals surface area contributed by atoms with Gasteiger partial charge in [0, 0.05) is 5.69 Å². The van der Waals surface area contributed by atoms with Gasteiger partial charge in [0.1, 0.15) is 0 Å². The highest BCUT2D eigenvalue weighted by Gasteiger charge is 2.22. The third-order valence-corrected chi connectivity index (χ3v) is 2.47. The molecule has 1 aromatic rings. The molecule has 0 radical (unpaired) electrons. The van der Waals surface area contributed by atoms with Gasteiger partial charge in [0.15, 0.2) is 6.04 Å². The maximum atomic E-state index is 11.5. The molecule has 0 saturated carbocycles. The van der Waals surface area contributed by atoms with Gasteiger partial charge in [-0.3, -0.25) is 4.79 Å². The first-order valence-corrected chi connectivity index (χ1v) is 5.20. The van der Waals surface area contributed by atoms with E-state index in [0.29, 0.717) is 5.69 Å². The molecule has 92 valence electrons. The molecule has 0 aliphatic carbocycles. The zero-order valence-corrected chi connectivity index (χ0v) is 10.1. The van der Waals surface area contributed by atoms with Gasteiger partial charge in [-0.1, -0.05) is 17.7 Å². The minimum absolute atomic E-state index is 0.623. The lowest BCUT2D eigenvalue weighted by atomic mass is 10.0. The zero-order chi connectivity index (χ0) is 13.2. The van der Waals surface area contributed by atoms with Crippen LogP contribution in [-0.2, 0) is 9.59 Å². The minimum Gasteiger partial charge on any atom is -0.480 e. The Balaban J connectivity index is 2.96. The third kappa shape index (κ3) is 3.04. The second kappa shape index (κ2) is 4.97. The van der Waals surface area contributed by atoms with E-state index < -0.39 is 17.9 Å². The number of benzene rings is 1. The van der Waals surface area contributed by atoms with Crippen molar-refractivity contribution in [2.75, 3.05) is 5.32 Å². The van der Waals surface area contributed by atoms with Crippen molar-refractivity contribution in [2.45, 2.75) is 26.8 Å². The Morgan fingerprint density at radius 1 is 1.24 bits per heavy atom. The van der Waals surface area contributed by atoms with Gasteiger partial charge in [-0.25, -0.2) is 4.79 Å². The van der Waals surface area contributed by atoms with Crippen molar-refractivity contribution in [1.29, 1.82) is 0 Å². The fraction of sp³-hybridized carbons (Fsp3) is 0.333. The minimum atomic E-state index is -1.55. The summed E-state index contributed by atoms with van der Waals surface area (Å²) in [6.45, 7) is 5.65. The predicted molar refractivity (Wildman–Crippen MR) is 64.9 cm³/mol. The lowest BCUT2D eigenvalue weighted by Crippen LogP contribution is -2.42. The number of aliphatic carboxylic acids is 1. The standard InChI is InChI=1S/C12H16N2O3/c1-6-4-7(2)10(8(3)5-6)14-11(15)9(13)12(16)17/h4-5,9H,13H2,1-3H3,(H,14,15)(H,16,17). The van der Waals surface area contributed by atoms with Gasteiger partial charge in [-0.2, -0.15) is 0 Å². The molecule has 1 unspecified atom stereocenters. The van der Waals surface area contributed by atoms with Crippen LogP contribution in [0.1, 0.15) is 16.7 Å². The van der Waals surface area contributed by atoms with E-state index in [4.69, 9.17) is 10.8 Å². The monoisotopic (exact) mass is 236 g/mol. The number of aryl methyl sites for hydroxylation is 3. The molecule has 17 heavy (non-hydrogen) atoms. The van der Waals surface area contributed by atoms with Crippen LogP contribution in [0.4, 0.5) is 5.69 Å². The molecule has 0 fully saturated rings.